The van der Waals surface area contributed by atoms with Gasteiger partial charge in [0.1, 0.15) is 19.3 Å². The molecule has 1 fully saturated rings. The number of hydrogen-bond acceptors (Lipinski definition) is 5. The van der Waals surface area contributed by atoms with Crippen molar-refractivity contribution in [3.8, 4) is 11.5 Å². The number of likely N-dealkylation sites (tertiary alicyclic amines) is 1. The lowest BCUT2D eigenvalue weighted by Gasteiger charge is -2.39. The third kappa shape index (κ3) is 5.68. The van der Waals surface area contributed by atoms with Crippen molar-refractivity contribution in [2.24, 2.45) is 0 Å². The van der Waals surface area contributed by atoms with Crippen LogP contribution >= 0.6 is 0 Å². The van der Waals surface area contributed by atoms with E-state index in [0.717, 1.165) is 36.1 Å². The second-order valence-corrected chi connectivity index (χ2v) is 8.27. The molecule has 0 aliphatic carbocycles. The second-order valence-electron chi connectivity index (χ2n) is 8.27. The summed E-state index contributed by atoms with van der Waals surface area (Å²) in [6.45, 7) is 5.81. The number of piperidine rings is 1. The Bertz CT molecular complexity index is 861. The third-order valence-corrected chi connectivity index (χ3v) is 5.94. The zero-order chi connectivity index (χ0) is 22.3. The highest BCUT2D eigenvalue weighted by Gasteiger charge is 2.40. The lowest BCUT2D eigenvalue weighted by molar-refractivity contribution is -0.859. The fraction of sp³-hybridized carbons (Fsp3) is 0.458. The van der Waals surface area contributed by atoms with Gasteiger partial charge >= 0.3 is 6.03 Å². The Morgan fingerprint density at radius 2 is 1.68 bits per heavy atom. The van der Waals surface area contributed by atoms with Crippen LogP contribution in [0.15, 0.2) is 42.5 Å². The van der Waals surface area contributed by atoms with E-state index in [2.05, 4.69) is 10.9 Å². The number of hydrazine groups is 1. The van der Waals surface area contributed by atoms with Crippen LogP contribution in [0, 0.1) is 13.8 Å². The van der Waals surface area contributed by atoms with Crippen LogP contribution in [0.1, 0.15) is 30.4 Å². The van der Waals surface area contributed by atoms with Crippen LogP contribution in [0.5, 0.6) is 11.5 Å². The standard InChI is InChI=1S/C24H33N3O4/c1-18-10-9-11-19(2)23(18)25-26-24(29)27(14-7-4-8-15-27)16-20(28)17-31-22-13-6-5-12-21(22)30-3/h5-6,9-13,20,25,28H,4,7-8,14-17H2,1-3H3/p+1. The molecule has 0 radical (unpaired) electrons. The molecular weight excluding hydrogens is 394 g/mol. The highest BCUT2D eigenvalue weighted by Crippen LogP contribution is 2.26. The van der Waals surface area contributed by atoms with E-state index in [9.17, 15) is 9.90 Å². The van der Waals surface area contributed by atoms with E-state index >= 15 is 0 Å². The molecule has 1 unspecified atom stereocenters. The van der Waals surface area contributed by atoms with Crippen LogP contribution in [-0.4, -0.2) is 55.1 Å². The number of methoxy groups -OCH3 is 1. The Labute approximate surface area is 184 Å². The number of para-hydroxylation sites is 3. The van der Waals surface area contributed by atoms with Crippen LogP contribution in [-0.2, 0) is 0 Å². The molecule has 0 spiro atoms. The number of aliphatic hydroxyl groups is 1. The van der Waals surface area contributed by atoms with Gasteiger partial charge in [0.25, 0.3) is 0 Å². The Morgan fingerprint density at radius 3 is 2.32 bits per heavy atom. The maximum atomic E-state index is 13.3. The van der Waals surface area contributed by atoms with E-state index in [0.29, 0.717) is 31.1 Å². The number of hydrogen-bond donors (Lipinski definition) is 3. The number of benzene rings is 2. The minimum Gasteiger partial charge on any atom is -0.493 e. The van der Waals surface area contributed by atoms with Gasteiger partial charge in [-0.2, -0.15) is 0 Å². The van der Waals surface area contributed by atoms with Gasteiger partial charge in [-0.05, 0) is 56.4 Å². The summed E-state index contributed by atoms with van der Waals surface area (Å²) in [6.07, 6.45) is 2.23. The van der Waals surface area contributed by atoms with Crippen molar-refractivity contribution in [3.63, 3.8) is 0 Å². The predicted octanol–water partition coefficient (Wildman–Crippen LogP) is 3.79. The molecule has 1 atom stereocenters. The number of anilines is 1. The van der Waals surface area contributed by atoms with Gasteiger partial charge in [-0.25, -0.2) is 14.7 Å². The highest BCUT2D eigenvalue weighted by atomic mass is 16.5. The van der Waals surface area contributed by atoms with Crippen molar-refractivity contribution in [2.45, 2.75) is 39.2 Å². The first-order chi connectivity index (χ1) is 14.9. The minimum atomic E-state index is -0.783. The number of ether oxygens (including phenoxy) is 2. The van der Waals surface area contributed by atoms with Gasteiger partial charge in [-0.15, -0.1) is 0 Å². The van der Waals surface area contributed by atoms with E-state index < -0.39 is 6.10 Å². The molecule has 0 bridgehead atoms. The highest BCUT2D eigenvalue weighted by molar-refractivity contribution is 5.70. The molecule has 2 aromatic carbocycles. The summed E-state index contributed by atoms with van der Waals surface area (Å²) in [4.78, 5) is 13.3. The zero-order valence-corrected chi connectivity index (χ0v) is 18.7. The number of amides is 2. The van der Waals surface area contributed by atoms with Gasteiger partial charge in [0.2, 0.25) is 0 Å². The molecule has 1 heterocycles. The van der Waals surface area contributed by atoms with E-state index in [4.69, 9.17) is 9.47 Å². The van der Waals surface area contributed by atoms with Crippen molar-refractivity contribution < 1.29 is 23.9 Å². The van der Waals surface area contributed by atoms with Crippen LogP contribution in [0.2, 0.25) is 0 Å². The molecule has 1 aliphatic rings. The number of aryl methyl sites for hydroxylation is 2. The van der Waals surface area contributed by atoms with Gasteiger partial charge in [0, 0.05) is 0 Å². The molecular formula is C24H34N3O4+. The second kappa shape index (κ2) is 10.5. The topological polar surface area (TPSA) is 79.8 Å². The number of carbonyl (C=O) groups is 1. The average Bonchev–Trinajstić information content (AvgIpc) is 2.78. The monoisotopic (exact) mass is 428 g/mol. The first-order valence-corrected chi connectivity index (χ1v) is 10.9. The Balaban J connectivity index is 1.64. The number of aliphatic hydroxyl groups excluding tert-OH is 1. The number of quaternary nitrogens is 1. The number of nitrogens with zero attached hydrogens (tertiary/aromatic N) is 1. The fourth-order valence-electron chi connectivity index (χ4n) is 4.21. The van der Waals surface area contributed by atoms with Gasteiger partial charge in [0.15, 0.2) is 11.5 Å². The molecule has 1 aliphatic heterocycles. The van der Waals surface area contributed by atoms with Crippen molar-refractivity contribution in [1.29, 1.82) is 0 Å². The van der Waals surface area contributed by atoms with Crippen molar-refractivity contribution in [2.75, 3.05) is 38.8 Å². The summed E-state index contributed by atoms with van der Waals surface area (Å²) < 4.78 is 11.3. The first-order valence-electron chi connectivity index (χ1n) is 10.9. The van der Waals surface area contributed by atoms with Crippen LogP contribution < -0.4 is 20.3 Å². The van der Waals surface area contributed by atoms with Crippen molar-refractivity contribution in [1.82, 2.24) is 5.43 Å². The number of rotatable bonds is 8. The zero-order valence-electron chi connectivity index (χ0n) is 18.7. The van der Waals surface area contributed by atoms with Crippen molar-refractivity contribution >= 4 is 11.7 Å². The minimum absolute atomic E-state index is 0.0952. The van der Waals surface area contributed by atoms with E-state index in [1.165, 1.54) is 0 Å². The SMILES string of the molecule is COc1ccccc1OCC(O)C[N+]1(C(=O)NNc2c(C)cccc2C)CCCCC1. The molecule has 0 saturated carbocycles. The third-order valence-electron chi connectivity index (χ3n) is 5.94. The molecule has 31 heavy (non-hydrogen) atoms. The molecule has 0 aromatic heterocycles. The maximum Gasteiger partial charge on any atom is 0.435 e. The lowest BCUT2D eigenvalue weighted by atomic mass is 10.1. The summed E-state index contributed by atoms with van der Waals surface area (Å²) in [6, 6.07) is 13.2. The van der Waals surface area contributed by atoms with Crippen molar-refractivity contribution in [3.05, 3.63) is 53.6 Å². The first kappa shape index (κ1) is 22.9. The Kier molecular flexibility index (Phi) is 7.76. The molecule has 2 aromatic rings. The normalized spacial score (nSPS) is 16.3. The van der Waals surface area contributed by atoms with Gasteiger partial charge in [-0.3, -0.25) is 5.43 Å². The molecule has 2 amide bonds. The maximum absolute atomic E-state index is 13.3. The molecule has 7 nitrogen and oxygen atoms in total. The van der Waals surface area contributed by atoms with Crippen LogP contribution in [0.3, 0.4) is 0 Å². The molecule has 3 N–H and O–H groups in total. The number of carbonyl (C=O) groups excluding carboxylic acids is 1. The van der Waals surface area contributed by atoms with E-state index in [-0.39, 0.29) is 17.1 Å². The van der Waals surface area contributed by atoms with Crippen LogP contribution in [0.4, 0.5) is 10.5 Å². The number of urea groups is 1. The van der Waals surface area contributed by atoms with Gasteiger partial charge < -0.3 is 14.6 Å². The summed E-state index contributed by atoms with van der Waals surface area (Å²) >= 11 is 0. The summed E-state index contributed by atoms with van der Waals surface area (Å²) in [7, 11) is 1.58. The smallest absolute Gasteiger partial charge is 0.435 e. The Morgan fingerprint density at radius 1 is 1.03 bits per heavy atom. The summed E-state index contributed by atoms with van der Waals surface area (Å²) in [5.41, 5.74) is 9.04. The summed E-state index contributed by atoms with van der Waals surface area (Å²) in [5, 5.41) is 10.7. The molecule has 1 saturated heterocycles. The fourth-order valence-corrected chi connectivity index (χ4v) is 4.21. The molecule has 3 rings (SSSR count). The Hall–Kier alpha value is -2.77. The molecule has 7 heteroatoms. The number of nitrogens with one attached hydrogen (secondary N) is 2. The lowest BCUT2D eigenvalue weighted by Crippen LogP contribution is -2.63. The van der Waals surface area contributed by atoms with Crippen LogP contribution in [0.25, 0.3) is 0 Å². The molecule has 168 valence electrons. The van der Waals surface area contributed by atoms with Gasteiger partial charge in [-0.1, -0.05) is 30.3 Å². The quantitative estimate of drug-likeness (QED) is 0.440. The van der Waals surface area contributed by atoms with E-state index in [1.54, 1.807) is 13.2 Å². The average molecular weight is 429 g/mol. The van der Waals surface area contributed by atoms with Gasteiger partial charge in [0.05, 0.1) is 25.9 Å². The van der Waals surface area contributed by atoms with E-state index in [1.807, 2.05) is 50.2 Å². The summed E-state index contributed by atoms with van der Waals surface area (Å²) in [5.74, 6) is 1.20. The predicted molar refractivity (Wildman–Crippen MR) is 121 cm³/mol. The largest absolute Gasteiger partial charge is 0.493 e.